The van der Waals surface area contributed by atoms with Gasteiger partial charge < -0.3 is 148 Å². The molecule has 26 unspecified atom stereocenters. The van der Waals surface area contributed by atoms with Crippen LogP contribution in [0.1, 0.15) is 242 Å². The Bertz CT molecular complexity index is 3980. The van der Waals surface area contributed by atoms with Gasteiger partial charge in [-0.1, -0.05) is 49.0 Å². The molecule has 18 rings (SSSR count). The Balaban J connectivity index is 0.000000162. The van der Waals surface area contributed by atoms with Gasteiger partial charge in [-0.25, -0.2) is 24.0 Å². The summed E-state index contributed by atoms with van der Waals surface area (Å²) in [4.78, 5) is 97.1. The molecule has 24 N–H and O–H groups in total. The SMILES string of the molecule is C.CC(=O)NC1C(O)CC(C)(O)OC1CNC(=O)c1ncn(C2OC(CO)C(O)C2O)n1.CC(=O)NC1C(O)CC(O)(C(=O)O)OC1C(O)CNC12CC3CC(C)(CC(C)(C3)C1)C2.CC(=O)NC1C(O)CC(O)(C(=O)O)OC1C(O)CNCC(C)(C)C12CC3CC(CC(C3)C1)C2.CC(=O)NC1C(O)CC(O)(C(=O)O)OC1CNC12CC3CC(C)(CC(C)(C3)C1)C2. The maximum atomic E-state index is 12.4. The second-order valence-corrected chi connectivity index (χ2v) is 42.3. The van der Waals surface area contributed by atoms with E-state index in [0.29, 0.717) is 34.6 Å². The quantitative estimate of drug-likeness (QED) is 0.0508. The van der Waals surface area contributed by atoms with E-state index in [4.69, 9.17) is 28.8 Å². The topological polar surface area (TPSA) is 633 Å². The van der Waals surface area contributed by atoms with Crippen molar-refractivity contribution in [2.75, 3.05) is 39.3 Å². The molecule has 12 aliphatic carbocycles. The summed E-state index contributed by atoms with van der Waals surface area (Å²) < 4.78 is 28.2. The zero-order valence-corrected chi connectivity index (χ0v) is 73.0. The molecule has 12 bridgehead atoms. The molecule has 0 spiro atoms. The number of hydrogen-bond donors (Lipinski definition) is 24. The fraction of sp³-hybridized carbons (Fsp3) is 0.882. The van der Waals surface area contributed by atoms with Crippen LogP contribution in [-0.4, -0.2) is 321 Å². The molecule has 40 heteroatoms. The predicted molar refractivity (Wildman–Crippen MR) is 438 cm³/mol. The van der Waals surface area contributed by atoms with Crippen molar-refractivity contribution in [2.45, 2.75) is 369 Å². The van der Waals surface area contributed by atoms with E-state index in [9.17, 15) is 115 Å². The summed E-state index contributed by atoms with van der Waals surface area (Å²) in [6.45, 7) is 21.0. The first-order chi connectivity index (χ1) is 57.5. The van der Waals surface area contributed by atoms with E-state index in [-0.39, 0.29) is 79.1 Å². The number of aliphatic hydroxyl groups is 13. The van der Waals surface area contributed by atoms with Crippen LogP contribution in [0.15, 0.2) is 6.33 Å². The van der Waals surface area contributed by atoms with Crippen molar-refractivity contribution in [3.63, 3.8) is 0 Å². The number of carboxylic acids is 3. The van der Waals surface area contributed by atoms with Crippen LogP contribution >= 0.6 is 0 Å². The van der Waals surface area contributed by atoms with Gasteiger partial charge in [-0.15, -0.1) is 5.10 Å². The molecule has 6 heterocycles. The Labute approximate surface area is 727 Å². The van der Waals surface area contributed by atoms with Crippen LogP contribution in [0.2, 0.25) is 0 Å². The minimum atomic E-state index is -2.63. The molecule has 710 valence electrons. The van der Waals surface area contributed by atoms with Crippen molar-refractivity contribution >= 4 is 47.4 Å². The number of aromatic nitrogens is 3. The highest BCUT2D eigenvalue weighted by molar-refractivity contribution is 5.90. The van der Waals surface area contributed by atoms with Crippen LogP contribution in [0, 0.1) is 62.1 Å². The molecule has 26 atom stereocenters. The smallest absolute Gasteiger partial charge is 0.364 e. The molecule has 5 saturated heterocycles. The van der Waals surface area contributed by atoms with Gasteiger partial charge >= 0.3 is 17.9 Å². The Hall–Kier alpha value is -5.94. The highest BCUT2D eigenvalue weighted by Crippen LogP contribution is 2.69. The summed E-state index contributed by atoms with van der Waals surface area (Å²) in [7, 11) is 0. The van der Waals surface area contributed by atoms with Gasteiger partial charge in [-0.2, -0.15) is 0 Å². The van der Waals surface area contributed by atoms with Crippen LogP contribution in [0.4, 0.5) is 0 Å². The van der Waals surface area contributed by atoms with Gasteiger partial charge in [0.25, 0.3) is 23.3 Å². The van der Waals surface area contributed by atoms with Crippen LogP contribution in [-0.2, 0) is 57.2 Å². The summed E-state index contributed by atoms with van der Waals surface area (Å²) in [5.74, 6) is -13.0. The Morgan fingerprint density at radius 2 is 0.880 bits per heavy atom. The molecule has 5 amide bonds. The number of carbonyl (C=O) groups is 8. The van der Waals surface area contributed by atoms with Gasteiger partial charge in [-0.3, -0.25) is 24.0 Å². The molecule has 1 aromatic rings. The monoisotopic (exact) mass is 1780 g/mol. The first-order valence-electron chi connectivity index (χ1n) is 44.0. The number of β-amino-alcohol motifs (C(OH)–C–C–N with tert-alkyl or cyclic N) is 1. The summed E-state index contributed by atoms with van der Waals surface area (Å²) >= 11 is 0. The summed E-state index contributed by atoms with van der Waals surface area (Å²) in [5, 5.41) is 189. The van der Waals surface area contributed by atoms with Crippen LogP contribution < -0.4 is 42.5 Å². The number of aliphatic carboxylic acids is 3. The zero-order chi connectivity index (χ0) is 91.2. The normalized spacial score (nSPS) is 45.0. The number of nitrogens with zero attached hydrogens (tertiary/aromatic N) is 3. The minimum Gasteiger partial charge on any atom is -0.477 e. The molecule has 125 heavy (non-hydrogen) atoms. The average Bonchev–Trinajstić information content (AvgIpc) is 1.04. The molecule has 1 aromatic heterocycles. The first-order valence-corrected chi connectivity index (χ1v) is 44.0. The van der Waals surface area contributed by atoms with E-state index in [1.165, 1.54) is 112 Å². The van der Waals surface area contributed by atoms with Crippen molar-refractivity contribution in [2.24, 2.45) is 62.1 Å². The van der Waals surface area contributed by atoms with Gasteiger partial charge in [0.1, 0.15) is 43.0 Å². The molecule has 17 fully saturated rings. The number of rotatable bonds is 25. The van der Waals surface area contributed by atoms with Gasteiger partial charge in [0, 0.05) is 97.2 Å². The van der Waals surface area contributed by atoms with Crippen molar-refractivity contribution in [1.82, 2.24) is 57.3 Å². The number of ether oxygens (including phenoxy) is 5. The van der Waals surface area contributed by atoms with Crippen LogP contribution in [0.25, 0.3) is 0 Å². The van der Waals surface area contributed by atoms with Crippen molar-refractivity contribution in [1.29, 1.82) is 0 Å². The van der Waals surface area contributed by atoms with E-state index >= 15 is 0 Å². The largest absolute Gasteiger partial charge is 0.477 e. The van der Waals surface area contributed by atoms with Gasteiger partial charge in [-0.05, 0) is 185 Å². The molecule has 40 nitrogen and oxygen atoms in total. The number of hydrogen-bond acceptors (Lipinski definition) is 31. The summed E-state index contributed by atoms with van der Waals surface area (Å²) in [6, 6.07) is -3.70. The maximum Gasteiger partial charge on any atom is 0.364 e. The Kier molecular flexibility index (Phi) is 29.5. The van der Waals surface area contributed by atoms with Crippen LogP contribution in [0.5, 0.6) is 0 Å². The summed E-state index contributed by atoms with van der Waals surface area (Å²) in [6.07, 6.45) is 4.26. The van der Waals surface area contributed by atoms with Crippen molar-refractivity contribution in [3.8, 4) is 0 Å². The number of carboxylic acid groups (broad SMARTS) is 3. The highest BCUT2D eigenvalue weighted by Gasteiger charge is 2.65. The van der Waals surface area contributed by atoms with Gasteiger partial charge in [0.2, 0.25) is 29.5 Å². The third kappa shape index (κ3) is 22.0. The molecule has 17 aliphatic rings. The zero-order valence-electron chi connectivity index (χ0n) is 73.0. The van der Waals surface area contributed by atoms with E-state index in [1.807, 2.05) is 0 Å². The number of aliphatic hydroxyl groups excluding tert-OH is 9. The molecule has 0 radical (unpaired) electrons. The van der Waals surface area contributed by atoms with Gasteiger partial charge in [0.15, 0.2) is 12.0 Å². The van der Waals surface area contributed by atoms with Crippen molar-refractivity contribution < 1.29 is 144 Å². The number of nitrogens with one attached hydrogen (secondary N) is 8. The third-order valence-electron chi connectivity index (χ3n) is 29.8. The Morgan fingerprint density at radius 1 is 0.488 bits per heavy atom. The van der Waals surface area contributed by atoms with E-state index < -0.39 is 200 Å². The first kappa shape index (κ1) is 99.6. The van der Waals surface area contributed by atoms with Crippen molar-refractivity contribution in [3.05, 3.63) is 12.2 Å². The second-order valence-electron chi connectivity index (χ2n) is 42.3. The van der Waals surface area contributed by atoms with Crippen LogP contribution in [0.3, 0.4) is 0 Å². The number of amides is 5. The fourth-order valence-corrected chi connectivity index (χ4v) is 26.9. The minimum absolute atomic E-state index is 0. The molecule has 12 saturated carbocycles. The molecule has 0 aromatic carbocycles. The lowest BCUT2D eigenvalue weighted by molar-refractivity contribution is -0.289. The number of carbonyl (C=O) groups excluding carboxylic acids is 5. The third-order valence-corrected chi connectivity index (χ3v) is 29.8. The second kappa shape index (κ2) is 37.0. The molecule has 5 aliphatic heterocycles. The highest BCUT2D eigenvalue weighted by atomic mass is 16.7. The predicted octanol–water partition coefficient (Wildman–Crippen LogP) is -1.91. The van der Waals surface area contributed by atoms with Gasteiger partial charge in [0.05, 0.1) is 73.5 Å². The standard InChI is InChI=1S/C24H40N2O7.C22H36N2O7.C21H34N2O6.C17H27N5O9.CH4/c1-13(27)26-19-17(28)10-24(32,21(30)31)33-20(19)18(29)11-25-12-22(2,3)23-7-14-4-15(8-23)6-16(5-14)9-23;1-12(25)24-16-14(26)7-22(30,18(28)29)31-17(16)15(27)8-23-21-6-13-4-19(2,10-21)9-20(3,5-13)11-21;1-12(24)23-16-14(25)7-21(28,17(26)27)29-15(16)8-22-20-6-13-4-18(2,10-20)9-19(3,5-13)11-20;1-7(24)20-11-8(25)3-17(2,29)31-9(11)4-18-15(28)14-19-6-22(21-14)16-13(27)12(26)10(5-23)30-16;/h14-20,25,28-29,32H,4-12H2,1-3H3,(H,26,27)(H,30,31);13-17,23,26-27,30H,4-11H2,1-3H3,(H,24,25)(H,28,29);13-16,22,25,28H,4-11H2,1-3H3,(H,23,24)(H,26,27);6,8-13,16,23,25-27,29H,3-5H2,1-2H3,(H,18,28)(H,20,24);1H4. The Morgan fingerprint density at radius 3 is 1.29 bits per heavy atom. The summed E-state index contributed by atoms with van der Waals surface area (Å²) in [5.41, 5.74) is 1.38. The maximum absolute atomic E-state index is 12.4. The molecular weight excluding hydrogens is 1640 g/mol. The lowest BCUT2D eigenvalue weighted by Crippen LogP contribution is -2.68. The van der Waals surface area contributed by atoms with E-state index in [0.717, 1.165) is 67.3 Å². The van der Waals surface area contributed by atoms with E-state index in [1.54, 1.807) is 0 Å². The fourth-order valence-electron chi connectivity index (χ4n) is 26.9. The van der Waals surface area contributed by atoms with E-state index in [2.05, 4.69) is 94.2 Å². The lowest BCUT2D eigenvalue weighted by Gasteiger charge is -2.66. The molecular formula is C85H141N11O29. The lowest BCUT2D eigenvalue weighted by atomic mass is 9.42. The average molecular weight is 1780 g/mol.